The van der Waals surface area contributed by atoms with Crippen LogP contribution in [0.15, 0.2) is 46.3 Å². The molecule has 0 unspecified atom stereocenters. The third kappa shape index (κ3) is 4.10. The van der Waals surface area contributed by atoms with Gasteiger partial charge in [0.25, 0.3) is 11.6 Å². The molecule has 11 heteroatoms. The van der Waals surface area contributed by atoms with Crippen LogP contribution in [-0.4, -0.2) is 51.2 Å². The predicted molar refractivity (Wildman–Crippen MR) is 110 cm³/mol. The van der Waals surface area contributed by atoms with Gasteiger partial charge in [0.15, 0.2) is 16.7 Å². The molecule has 1 aliphatic heterocycles. The number of rotatable bonds is 5. The Kier molecular flexibility index (Phi) is 5.74. The smallest absolute Gasteiger partial charge is 0.335 e. The number of nitro groups is 1. The lowest BCUT2D eigenvalue weighted by Gasteiger charge is -2.07. The normalized spacial score (nSPS) is 16.3. The van der Waals surface area contributed by atoms with Crippen LogP contribution in [0.2, 0.25) is 0 Å². The average Bonchev–Trinajstić information content (AvgIpc) is 2.97. The molecule has 2 N–H and O–H groups in total. The molecule has 0 bridgehead atoms. The maximum Gasteiger partial charge on any atom is 0.335 e. The molecule has 3 rings (SSSR count). The van der Waals surface area contributed by atoms with E-state index < -0.39 is 16.8 Å². The fraction of sp³-hybridized carbons (Fsp3) is 0.105. The number of hydrogen-bond donors (Lipinski definition) is 2. The van der Waals surface area contributed by atoms with Crippen molar-refractivity contribution in [3.05, 3.63) is 62.5 Å². The summed E-state index contributed by atoms with van der Waals surface area (Å²) < 4.78 is 4.96. The summed E-state index contributed by atoms with van der Waals surface area (Å²) in [4.78, 5) is 39.9. The van der Waals surface area contributed by atoms with Crippen LogP contribution in [0.3, 0.4) is 0 Å². The van der Waals surface area contributed by atoms with Crippen molar-refractivity contribution in [3.63, 3.8) is 0 Å². The van der Waals surface area contributed by atoms with Gasteiger partial charge in [-0.05, 0) is 36.0 Å². The van der Waals surface area contributed by atoms with Crippen LogP contribution < -0.4 is 4.74 Å². The number of methoxy groups -OCH3 is 1. The number of likely N-dealkylation sites (N-methyl/N-ethyl adjacent to an activating group) is 1. The highest BCUT2D eigenvalue weighted by Crippen LogP contribution is 2.39. The molecule has 1 aliphatic rings. The number of aromatic carboxylic acids is 1. The predicted octanol–water partition coefficient (Wildman–Crippen LogP) is 3.24. The van der Waals surface area contributed by atoms with Crippen molar-refractivity contribution in [2.45, 2.75) is 0 Å². The summed E-state index contributed by atoms with van der Waals surface area (Å²) in [6.45, 7) is 0. The molecule has 10 nitrogen and oxygen atoms in total. The van der Waals surface area contributed by atoms with Gasteiger partial charge in [-0.1, -0.05) is 6.07 Å². The SMILES string of the molecule is COc1cc([N+](=O)[O-])cc(/C=C2\SC(=Nc3cccc(C(=O)O)c3)N(C)C2=O)c1O. The van der Waals surface area contributed by atoms with Gasteiger partial charge in [-0.3, -0.25) is 19.8 Å². The number of amidine groups is 1. The number of benzene rings is 2. The van der Waals surface area contributed by atoms with Crippen molar-refractivity contribution in [3.8, 4) is 11.5 Å². The van der Waals surface area contributed by atoms with E-state index >= 15 is 0 Å². The lowest BCUT2D eigenvalue weighted by atomic mass is 10.1. The molecule has 30 heavy (non-hydrogen) atoms. The number of carboxylic acid groups (broad SMARTS) is 1. The number of phenolic OH excluding ortho intramolecular Hbond substituents is 1. The Balaban J connectivity index is 2.00. The Hall–Kier alpha value is -3.86. The van der Waals surface area contributed by atoms with Gasteiger partial charge in [0.2, 0.25) is 0 Å². The fourth-order valence-electron chi connectivity index (χ4n) is 2.60. The third-order valence-corrected chi connectivity index (χ3v) is 5.19. The van der Waals surface area contributed by atoms with Gasteiger partial charge in [-0.15, -0.1) is 0 Å². The number of phenols is 1. The summed E-state index contributed by atoms with van der Waals surface area (Å²) in [7, 11) is 2.75. The lowest BCUT2D eigenvalue weighted by Crippen LogP contribution is -2.23. The van der Waals surface area contributed by atoms with Crippen LogP contribution >= 0.6 is 11.8 Å². The highest BCUT2D eigenvalue weighted by Gasteiger charge is 2.31. The summed E-state index contributed by atoms with van der Waals surface area (Å²) in [5.41, 5.74) is 0.135. The fourth-order valence-corrected chi connectivity index (χ4v) is 3.57. The van der Waals surface area contributed by atoms with Crippen molar-refractivity contribution in [2.75, 3.05) is 14.2 Å². The summed E-state index contributed by atoms with van der Waals surface area (Å²) in [6.07, 6.45) is 1.31. The van der Waals surface area contributed by atoms with Gasteiger partial charge in [-0.2, -0.15) is 0 Å². The van der Waals surface area contributed by atoms with Gasteiger partial charge >= 0.3 is 5.97 Å². The first-order valence-corrected chi connectivity index (χ1v) is 9.18. The molecular formula is C19H15N3O7S. The Bertz CT molecular complexity index is 1130. The second-order valence-corrected chi connectivity index (χ2v) is 7.08. The molecule has 1 amide bonds. The second kappa shape index (κ2) is 8.25. The number of carboxylic acids is 1. The minimum Gasteiger partial charge on any atom is -0.504 e. The number of carbonyl (C=O) groups is 2. The van der Waals surface area contributed by atoms with E-state index in [-0.39, 0.29) is 38.4 Å². The Morgan fingerprint density at radius 1 is 1.33 bits per heavy atom. The summed E-state index contributed by atoms with van der Waals surface area (Å²) >= 11 is 0.985. The van der Waals surface area contributed by atoms with E-state index in [0.29, 0.717) is 5.69 Å². The Labute approximate surface area is 174 Å². The van der Waals surface area contributed by atoms with Crippen LogP contribution in [0.1, 0.15) is 15.9 Å². The minimum atomic E-state index is -1.10. The van der Waals surface area contributed by atoms with E-state index in [1.807, 2.05) is 0 Å². The minimum absolute atomic E-state index is 0.0411. The first-order valence-electron chi connectivity index (χ1n) is 8.36. The highest BCUT2D eigenvalue weighted by molar-refractivity contribution is 8.18. The summed E-state index contributed by atoms with van der Waals surface area (Å²) in [6, 6.07) is 8.13. The second-order valence-electron chi connectivity index (χ2n) is 6.07. The van der Waals surface area contributed by atoms with E-state index in [4.69, 9.17) is 9.84 Å². The number of hydrogen-bond acceptors (Lipinski definition) is 8. The number of ether oxygens (including phenoxy) is 1. The molecule has 0 saturated carbocycles. The number of non-ortho nitro benzene ring substituents is 1. The summed E-state index contributed by atoms with van der Waals surface area (Å²) in [5, 5.41) is 30.8. The molecule has 2 aromatic rings. The maximum absolute atomic E-state index is 12.6. The van der Waals surface area contributed by atoms with Crippen molar-refractivity contribution < 1.29 is 29.5 Å². The number of carbonyl (C=O) groups excluding carboxylic acids is 1. The quantitative estimate of drug-likeness (QED) is 0.419. The van der Waals surface area contributed by atoms with E-state index in [1.54, 1.807) is 6.07 Å². The van der Waals surface area contributed by atoms with Gasteiger partial charge in [0.1, 0.15) is 0 Å². The largest absolute Gasteiger partial charge is 0.504 e. The van der Waals surface area contributed by atoms with Gasteiger partial charge in [0.05, 0.1) is 34.3 Å². The molecule has 0 spiro atoms. The topological polar surface area (TPSA) is 143 Å². The lowest BCUT2D eigenvalue weighted by molar-refractivity contribution is -0.385. The monoisotopic (exact) mass is 429 g/mol. The number of aromatic hydroxyl groups is 1. The van der Waals surface area contributed by atoms with Gasteiger partial charge in [0, 0.05) is 18.7 Å². The first-order chi connectivity index (χ1) is 14.2. The van der Waals surface area contributed by atoms with Crippen molar-refractivity contribution >= 4 is 46.3 Å². The number of nitro benzene ring substituents is 1. The maximum atomic E-state index is 12.6. The van der Waals surface area contributed by atoms with E-state index in [1.165, 1.54) is 43.3 Å². The molecule has 1 saturated heterocycles. The molecule has 2 aromatic carbocycles. The van der Waals surface area contributed by atoms with E-state index in [2.05, 4.69) is 4.99 Å². The van der Waals surface area contributed by atoms with Gasteiger partial charge < -0.3 is 14.9 Å². The van der Waals surface area contributed by atoms with Crippen LogP contribution in [0.4, 0.5) is 11.4 Å². The van der Waals surface area contributed by atoms with E-state index in [0.717, 1.165) is 23.9 Å². The molecule has 0 atom stereocenters. The molecule has 0 aliphatic carbocycles. The van der Waals surface area contributed by atoms with Crippen LogP contribution in [0.25, 0.3) is 6.08 Å². The molecule has 1 fully saturated rings. The number of nitrogens with zero attached hydrogens (tertiary/aromatic N) is 3. The van der Waals surface area contributed by atoms with Crippen LogP contribution in [-0.2, 0) is 4.79 Å². The molecule has 1 heterocycles. The Morgan fingerprint density at radius 3 is 2.70 bits per heavy atom. The molecule has 0 radical (unpaired) electrons. The molecule has 154 valence electrons. The molecular weight excluding hydrogens is 414 g/mol. The number of amides is 1. The van der Waals surface area contributed by atoms with Crippen molar-refractivity contribution in [2.24, 2.45) is 4.99 Å². The first kappa shape index (κ1) is 20.9. The van der Waals surface area contributed by atoms with Crippen LogP contribution in [0, 0.1) is 10.1 Å². The average molecular weight is 429 g/mol. The van der Waals surface area contributed by atoms with E-state index in [9.17, 15) is 24.8 Å². The zero-order chi connectivity index (χ0) is 22.0. The zero-order valence-electron chi connectivity index (χ0n) is 15.7. The zero-order valence-corrected chi connectivity index (χ0v) is 16.5. The van der Waals surface area contributed by atoms with Crippen molar-refractivity contribution in [1.29, 1.82) is 0 Å². The number of thioether (sulfide) groups is 1. The Morgan fingerprint density at radius 2 is 2.07 bits per heavy atom. The molecule has 0 aromatic heterocycles. The number of aliphatic imine (C=N–C) groups is 1. The highest BCUT2D eigenvalue weighted by atomic mass is 32.2. The van der Waals surface area contributed by atoms with Crippen LogP contribution in [0.5, 0.6) is 11.5 Å². The van der Waals surface area contributed by atoms with Crippen molar-refractivity contribution in [1.82, 2.24) is 4.90 Å². The van der Waals surface area contributed by atoms with Gasteiger partial charge in [-0.25, -0.2) is 9.79 Å². The standard InChI is InChI=1S/C19H15N3O7S/c1-21-17(24)15(8-11-7-13(22(27)28)9-14(29-2)16(11)23)30-19(21)20-12-5-3-4-10(6-12)18(25)26/h3-9,23H,1-2H3,(H,25,26)/b15-8-,20-19?. The summed E-state index contributed by atoms with van der Waals surface area (Å²) in [5.74, 6) is -1.97. The third-order valence-electron chi connectivity index (χ3n) is 4.13.